The highest BCUT2D eigenvalue weighted by Gasteiger charge is 2.28. The Kier molecular flexibility index (Phi) is 5.23. The van der Waals surface area contributed by atoms with Crippen molar-refractivity contribution in [1.29, 1.82) is 0 Å². The molecule has 0 N–H and O–H groups in total. The summed E-state index contributed by atoms with van der Waals surface area (Å²) in [5.41, 5.74) is 2.56. The van der Waals surface area contributed by atoms with Crippen LogP contribution in [0.3, 0.4) is 0 Å². The molecule has 1 aliphatic heterocycles. The number of carbonyl (C=O) groups excluding carboxylic acids is 1. The first kappa shape index (κ1) is 19.2. The predicted octanol–water partition coefficient (Wildman–Crippen LogP) is 5.45. The van der Waals surface area contributed by atoms with E-state index < -0.39 is 0 Å². The lowest BCUT2D eigenvalue weighted by molar-refractivity contribution is 0.0702. The average molecular weight is 436 g/mol. The number of benzene rings is 2. The van der Waals surface area contributed by atoms with Crippen LogP contribution in [0.5, 0.6) is 5.75 Å². The lowest BCUT2D eigenvalue weighted by Crippen LogP contribution is -2.39. The van der Waals surface area contributed by atoms with Crippen LogP contribution in [-0.2, 0) is 0 Å². The van der Waals surface area contributed by atoms with Gasteiger partial charge in [0.15, 0.2) is 0 Å². The Bertz CT molecular complexity index is 1150. The van der Waals surface area contributed by atoms with Gasteiger partial charge in [0.2, 0.25) is 0 Å². The number of likely N-dealkylation sites (tertiary alicyclic amines) is 1. The van der Waals surface area contributed by atoms with Gasteiger partial charge < -0.3 is 9.64 Å². The van der Waals surface area contributed by atoms with Crippen LogP contribution in [0.25, 0.3) is 20.8 Å². The van der Waals surface area contributed by atoms with E-state index in [1.807, 2.05) is 46.7 Å². The SMILES string of the molecule is COc1ccc(-c2nc(C(=O)N3CCC[C@@H](c4nc5ccccc5s4)C3)cs2)cc1. The first-order valence-electron chi connectivity index (χ1n) is 9.96. The van der Waals surface area contributed by atoms with Crippen LogP contribution in [0.2, 0.25) is 0 Å². The van der Waals surface area contributed by atoms with Gasteiger partial charge in [0.05, 0.1) is 22.3 Å². The number of para-hydroxylation sites is 1. The van der Waals surface area contributed by atoms with Crippen LogP contribution >= 0.6 is 22.7 Å². The maximum Gasteiger partial charge on any atom is 0.273 e. The van der Waals surface area contributed by atoms with E-state index in [1.54, 1.807) is 18.4 Å². The molecular weight excluding hydrogens is 414 g/mol. The highest BCUT2D eigenvalue weighted by Crippen LogP contribution is 2.34. The molecule has 1 amide bonds. The summed E-state index contributed by atoms with van der Waals surface area (Å²) in [6, 6.07) is 16.0. The fraction of sp³-hybridized carbons (Fsp3) is 0.261. The fourth-order valence-electron chi connectivity index (χ4n) is 3.83. The van der Waals surface area contributed by atoms with Crippen LogP contribution in [-0.4, -0.2) is 41.0 Å². The van der Waals surface area contributed by atoms with Crippen LogP contribution in [0.1, 0.15) is 34.3 Å². The molecule has 5 rings (SSSR count). The third-order valence-corrected chi connectivity index (χ3v) is 7.52. The molecule has 0 bridgehead atoms. The molecule has 1 saturated heterocycles. The summed E-state index contributed by atoms with van der Waals surface area (Å²) in [7, 11) is 1.65. The molecule has 1 aliphatic rings. The fourth-order valence-corrected chi connectivity index (χ4v) is 5.72. The molecule has 2 aromatic heterocycles. The van der Waals surface area contributed by atoms with E-state index in [0.29, 0.717) is 18.2 Å². The molecule has 0 saturated carbocycles. The first-order chi connectivity index (χ1) is 14.7. The number of fused-ring (bicyclic) bond motifs is 1. The van der Waals surface area contributed by atoms with Gasteiger partial charge in [-0.2, -0.15) is 0 Å². The van der Waals surface area contributed by atoms with Crippen LogP contribution in [0.4, 0.5) is 0 Å². The number of amides is 1. The number of nitrogens with zero attached hydrogens (tertiary/aromatic N) is 3. The molecule has 5 nitrogen and oxygen atoms in total. The molecule has 4 aromatic rings. The summed E-state index contributed by atoms with van der Waals surface area (Å²) < 4.78 is 6.42. The molecule has 152 valence electrons. The molecule has 0 radical (unpaired) electrons. The largest absolute Gasteiger partial charge is 0.497 e. The van der Waals surface area contributed by atoms with Crippen molar-refractivity contribution < 1.29 is 9.53 Å². The molecule has 2 aromatic carbocycles. The van der Waals surface area contributed by atoms with Gasteiger partial charge in [-0.15, -0.1) is 22.7 Å². The Morgan fingerprint density at radius 2 is 1.97 bits per heavy atom. The minimum atomic E-state index is 0.0109. The monoisotopic (exact) mass is 435 g/mol. The van der Waals surface area contributed by atoms with E-state index in [-0.39, 0.29) is 5.91 Å². The second kappa shape index (κ2) is 8.16. The number of piperidine rings is 1. The lowest BCUT2D eigenvalue weighted by atomic mass is 9.98. The second-order valence-electron chi connectivity index (χ2n) is 7.38. The third kappa shape index (κ3) is 3.70. The standard InChI is InChI=1S/C23H21N3O2S2/c1-28-17-10-8-15(9-11-17)21-25-19(14-29-21)23(27)26-12-4-5-16(13-26)22-24-18-6-2-3-7-20(18)30-22/h2-3,6-11,14,16H,4-5,12-13H2,1H3/t16-/m1/s1. The van der Waals surface area contributed by atoms with Crippen LogP contribution < -0.4 is 4.74 Å². The van der Waals surface area contributed by atoms with Crippen molar-refractivity contribution in [3.63, 3.8) is 0 Å². The summed E-state index contributed by atoms with van der Waals surface area (Å²) in [5.74, 6) is 1.11. The molecule has 1 atom stereocenters. The number of ether oxygens (including phenoxy) is 1. The topological polar surface area (TPSA) is 55.3 Å². The summed E-state index contributed by atoms with van der Waals surface area (Å²) in [6.45, 7) is 1.48. The molecular formula is C23H21N3O2S2. The number of methoxy groups -OCH3 is 1. The van der Waals surface area contributed by atoms with Crippen LogP contribution in [0, 0.1) is 0 Å². The Morgan fingerprint density at radius 3 is 2.77 bits per heavy atom. The highest BCUT2D eigenvalue weighted by atomic mass is 32.1. The number of hydrogen-bond acceptors (Lipinski definition) is 6. The Morgan fingerprint density at radius 1 is 1.13 bits per heavy atom. The Balaban J connectivity index is 1.32. The molecule has 0 unspecified atom stereocenters. The first-order valence-corrected chi connectivity index (χ1v) is 11.7. The molecule has 3 heterocycles. The normalized spacial score (nSPS) is 16.7. The molecule has 1 fully saturated rings. The number of hydrogen-bond donors (Lipinski definition) is 0. The minimum absolute atomic E-state index is 0.0109. The molecule has 30 heavy (non-hydrogen) atoms. The zero-order valence-corrected chi connectivity index (χ0v) is 18.2. The molecule has 7 heteroatoms. The summed E-state index contributed by atoms with van der Waals surface area (Å²) in [4.78, 5) is 24.5. The van der Waals surface area contributed by atoms with E-state index in [2.05, 4.69) is 17.1 Å². The third-order valence-electron chi connectivity index (χ3n) is 5.43. The zero-order valence-electron chi connectivity index (χ0n) is 16.6. The summed E-state index contributed by atoms with van der Waals surface area (Å²) in [6.07, 6.45) is 2.06. The van der Waals surface area contributed by atoms with Gasteiger partial charge in [0, 0.05) is 30.0 Å². The maximum absolute atomic E-state index is 13.1. The Hall–Kier alpha value is -2.77. The van der Waals surface area contributed by atoms with E-state index in [1.165, 1.54) is 16.0 Å². The van der Waals surface area contributed by atoms with E-state index in [0.717, 1.165) is 46.2 Å². The lowest BCUT2D eigenvalue weighted by Gasteiger charge is -2.31. The van der Waals surface area contributed by atoms with Crippen molar-refractivity contribution >= 4 is 38.8 Å². The number of thiazole rings is 2. The predicted molar refractivity (Wildman–Crippen MR) is 122 cm³/mol. The van der Waals surface area contributed by atoms with Gasteiger partial charge in [0.1, 0.15) is 16.5 Å². The van der Waals surface area contributed by atoms with Crippen molar-refractivity contribution in [1.82, 2.24) is 14.9 Å². The highest BCUT2D eigenvalue weighted by molar-refractivity contribution is 7.18. The quantitative estimate of drug-likeness (QED) is 0.428. The molecule has 0 spiro atoms. The zero-order chi connectivity index (χ0) is 20.5. The van der Waals surface area contributed by atoms with Gasteiger partial charge in [-0.25, -0.2) is 9.97 Å². The van der Waals surface area contributed by atoms with E-state index in [9.17, 15) is 4.79 Å². The second-order valence-corrected chi connectivity index (χ2v) is 9.30. The van der Waals surface area contributed by atoms with Gasteiger partial charge in [0.25, 0.3) is 5.91 Å². The molecule has 0 aliphatic carbocycles. The van der Waals surface area contributed by atoms with Crippen molar-refractivity contribution in [3.05, 3.63) is 64.6 Å². The van der Waals surface area contributed by atoms with Crippen LogP contribution in [0.15, 0.2) is 53.9 Å². The minimum Gasteiger partial charge on any atom is -0.497 e. The number of rotatable bonds is 4. The van der Waals surface area contributed by atoms with Gasteiger partial charge in [-0.1, -0.05) is 12.1 Å². The maximum atomic E-state index is 13.1. The summed E-state index contributed by atoms with van der Waals surface area (Å²) >= 11 is 3.24. The van der Waals surface area contributed by atoms with Crippen molar-refractivity contribution in [2.24, 2.45) is 0 Å². The number of carbonyl (C=O) groups is 1. The Labute approximate surface area is 183 Å². The van der Waals surface area contributed by atoms with E-state index >= 15 is 0 Å². The van der Waals surface area contributed by atoms with Gasteiger partial charge in [-0.05, 0) is 49.2 Å². The van der Waals surface area contributed by atoms with Crippen molar-refractivity contribution in [3.8, 4) is 16.3 Å². The van der Waals surface area contributed by atoms with Gasteiger partial charge >= 0.3 is 0 Å². The van der Waals surface area contributed by atoms with E-state index in [4.69, 9.17) is 9.72 Å². The smallest absolute Gasteiger partial charge is 0.273 e. The van der Waals surface area contributed by atoms with Crippen molar-refractivity contribution in [2.45, 2.75) is 18.8 Å². The van der Waals surface area contributed by atoms with Gasteiger partial charge in [-0.3, -0.25) is 4.79 Å². The number of aromatic nitrogens is 2. The van der Waals surface area contributed by atoms with Crippen molar-refractivity contribution in [2.75, 3.05) is 20.2 Å². The average Bonchev–Trinajstić information content (AvgIpc) is 3.46. The summed E-state index contributed by atoms with van der Waals surface area (Å²) in [5, 5.41) is 3.84.